The molecule has 33 heavy (non-hydrogen) atoms. The summed E-state index contributed by atoms with van der Waals surface area (Å²) >= 11 is 0. The highest BCUT2D eigenvalue weighted by atomic mass is 32.2. The number of aliphatic carboxylic acids is 1. The van der Waals surface area contributed by atoms with E-state index in [1.54, 1.807) is 6.07 Å². The molecule has 0 aliphatic rings. The third-order valence-corrected chi connectivity index (χ3v) is 6.63. The van der Waals surface area contributed by atoms with Crippen LogP contribution >= 0.6 is 0 Å². The van der Waals surface area contributed by atoms with Crippen molar-refractivity contribution in [1.82, 2.24) is 5.32 Å². The Morgan fingerprint density at radius 2 is 1.73 bits per heavy atom. The number of carboxylic acids is 1. The summed E-state index contributed by atoms with van der Waals surface area (Å²) in [5, 5.41) is 21.2. The van der Waals surface area contributed by atoms with E-state index in [1.165, 1.54) is 37.3 Å². The van der Waals surface area contributed by atoms with Crippen molar-refractivity contribution >= 4 is 27.5 Å². The highest BCUT2D eigenvalue weighted by Crippen LogP contribution is 2.33. The van der Waals surface area contributed by atoms with E-state index in [0.717, 1.165) is 6.42 Å². The number of phenolic OH excluding ortho intramolecular Hbond substituents is 1. The minimum atomic E-state index is -3.63. The van der Waals surface area contributed by atoms with E-state index in [0.29, 0.717) is 17.7 Å². The molecule has 1 amide bonds. The lowest BCUT2D eigenvalue weighted by atomic mass is 10.0. The molecule has 0 bridgehead atoms. The van der Waals surface area contributed by atoms with Crippen LogP contribution in [-0.2, 0) is 21.1 Å². The largest absolute Gasteiger partial charge is 0.507 e. The van der Waals surface area contributed by atoms with E-state index in [9.17, 15) is 27.9 Å². The standard InChI is InChI=1S/C23H27NO8S/c1-3-5-19-20(11-10-18(15(2)25)22(19)28)32-12-4-13-33(30,31)17-8-6-16(7-9-17)23(29)24-14-21(26)27/h6-11,28H,3-5,12-14H2,1-2H3,(H,24,29)(H,26,27). The number of sulfone groups is 1. The van der Waals surface area contributed by atoms with E-state index in [2.05, 4.69) is 5.32 Å². The van der Waals surface area contributed by atoms with Crippen molar-refractivity contribution in [2.45, 2.75) is 38.0 Å². The average molecular weight is 478 g/mol. The first-order valence-corrected chi connectivity index (χ1v) is 12.0. The lowest BCUT2D eigenvalue weighted by Gasteiger charge is -2.14. The molecule has 2 aromatic carbocycles. The number of amides is 1. The number of nitrogens with one attached hydrogen (secondary N) is 1. The first-order valence-electron chi connectivity index (χ1n) is 10.4. The van der Waals surface area contributed by atoms with Crippen molar-refractivity contribution in [2.75, 3.05) is 18.9 Å². The number of hydrogen-bond acceptors (Lipinski definition) is 7. The van der Waals surface area contributed by atoms with Crippen LogP contribution in [0.5, 0.6) is 11.5 Å². The number of aromatic hydroxyl groups is 1. The van der Waals surface area contributed by atoms with Gasteiger partial charge in [0.1, 0.15) is 18.0 Å². The maximum absolute atomic E-state index is 12.6. The van der Waals surface area contributed by atoms with Gasteiger partial charge in [0.25, 0.3) is 5.91 Å². The predicted molar refractivity (Wildman–Crippen MR) is 121 cm³/mol. The second-order valence-corrected chi connectivity index (χ2v) is 9.48. The molecule has 2 aromatic rings. The van der Waals surface area contributed by atoms with Crippen molar-refractivity contribution in [3.05, 3.63) is 53.1 Å². The molecule has 0 heterocycles. The summed E-state index contributed by atoms with van der Waals surface area (Å²) in [6, 6.07) is 8.31. The molecule has 0 saturated heterocycles. The minimum absolute atomic E-state index is 0.0346. The van der Waals surface area contributed by atoms with E-state index in [1.807, 2.05) is 6.92 Å². The van der Waals surface area contributed by atoms with Gasteiger partial charge < -0.3 is 20.3 Å². The quantitative estimate of drug-likeness (QED) is 0.312. The van der Waals surface area contributed by atoms with Gasteiger partial charge in [-0.1, -0.05) is 13.3 Å². The van der Waals surface area contributed by atoms with Crippen LogP contribution < -0.4 is 10.1 Å². The van der Waals surface area contributed by atoms with Gasteiger partial charge >= 0.3 is 5.97 Å². The summed E-state index contributed by atoms with van der Waals surface area (Å²) in [7, 11) is -3.63. The molecule has 10 heteroatoms. The Morgan fingerprint density at radius 1 is 1.06 bits per heavy atom. The van der Waals surface area contributed by atoms with Crippen LogP contribution in [0.3, 0.4) is 0 Å². The Balaban J connectivity index is 1.99. The fraction of sp³-hybridized carbons (Fsp3) is 0.348. The van der Waals surface area contributed by atoms with Crippen molar-refractivity contribution in [1.29, 1.82) is 0 Å². The van der Waals surface area contributed by atoms with Crippen LogP contribution in [0.4, 0.5) is 0 Å². The SMILES string of the molecule is CCCc1c(OCCCS(=O)(=O)c2ccc(C(=O)NCC(=O)O)cc2)ccc(C(C)=O)c1O. The molecule has 9 nitrogen and oxygen atoms in total. The van der Waals surface area contributed by atoms with Crippen molar-refractivity contribution in [3.63, 3.8) is 0 Å². The van der Waals surface area contributed by atoms with Gasteiger partial charge in [0.15, 0.2) is 15.6 Å². The van der Waals surface area contributed by atoms with Crippen LogP contribution in [0.25, 0.3) is 0 Å². The number of carbonyl (C=O) groups excluding carboxylic acids is 2. The van der Waals surface area contributed by atoms with E-state index < -0.39 is 28.3 Å². The lowest BCUT2D eigenvalue weighted by Crippen LogP contribution is -2.29. The van der Waals surface area contributed by atoms with Gasteiger partial charge in [-0.15, -0.1) is 0 Å². The molecule has 0 atom stereocenters. The zero-order valence-corrected chi connectivity index (χ0v) is 19.3. The second-order valence-electron chi connectivity index (χ2n) is 7.37. The fourth-order valence-electron chi connectivity index (χ4n) is 3.15. The highest BCUT2D eigenvalue weighted by Gasteiger charge is 2.18. The number of Topliss-reactive ketones (excluding diaryl/α,β-unsaturated/α-hetero) is 1. The molecule has 0 fully saturated rings. The number of ether oxygens (including phenoxy) is 1. The first kappa shape index (κ1) is 25.9. The average Bonchev–Trinajstić information content (AvgIpc) is 2.77. The van der Waals surface area contributed by atoms with Gasteiger partial charge in [0.05, 0.1) is 22.8 Å². The number of ketones is 1. The molecular weight excluding hydrogens is 450 g/mol. The highest BCUT2D eigenvalue weighted by molar-refractivity contribution is 7.91. The Hall–Kier alpha value is -3.40. The normalized spacial score (nSPS) is 11.1. The Labute approximate surface area is 192 Å². The molecule has 178 valence electrons. The van der Waals surface area contributed by atoms with Crippen molar-refractivity contribution in [2.24, 2.45) is 0 Å². The fourth-order valence-corrected chi connectivity index (χ4v) is 4.43. The minimum Gasteiger partial charge on any atom is -0.507 e. The molecule has 0 aliphatic carbocycles. The smallest absolute Gasteiger partial charge is 0.322 e. The molecular formula is C23H27NO8S. The molecule has 0 radical (unpaired) electrons. The van der Waals surface area contributed by atoms with Gasteiger partial charge in [-0.05, 0) is 56.2 Å². The van der Waals surface area contributed by atoms with Gasteiger partial charge in [0.2, 0.25) is 0 Å². The van der Waals surface area contributed by atoms with Crippen LogP contribution in [0, 0.1) is 0 Å². The summed E-state index contributed by atoms with van der Waals surface area (Å²) in [5.41, 5.74) is 0.883. The molecule has 0 aromatic heterocycles. The third-order valence-electron chi connectivity index (χ3n) is 4.81. The van der Waals surface area contributed by atoms with Crippen LogP contribution in [0.1, 0.15) is 53.0 Å². The maximum Gasteiger partial charge on any atom is 0.322 e. The lowest BCUT2D eigenvalue weighted by molar-refractivity contribution is -0.135. The summed E-state index contributed by atoms with van der Waals surface area (Å²) in [5.74, 6) is -1.95. The van der Waals surface area contributed by atoms with Crippen molar-refractivity contribution in [3.8, 4) is 11.5 Å². The molecule has 0 unspecified atom stereocenters. The summed E-state index contributed by atoms with van der Waals surface area (Å²) in [6.07, 6.45) is 1.42. The Bertz CT molecular complexity index is 1120. The number of carboxylic acid groups (broad SMARTS) is 1. The van der Waals surface area contributed by atoms with Crippen LogP contribution in [-0.4, -0.2) is 55.2 Å². The first-order chi connectivity index (χ1) is 15.6. The van der Waals surface area contributed by atoms with E-state index in [4.69, 9.17) is 9.84 Å². The summed E-state index contributed by atoms with van der Waals surface area (Å²) in [4.78, 5) is 34.0. The van der Waals surface area contributed by atoms with Gasteiger partial charge in [-0.2, -0.15) is 0 Å². The number of carbonyl (C=O) groups is 3. The number of phenols is 1. The van der Waals surface area contributed by atoms with Crippen molar-refractivity contribution < 1.29 is 37.8 Å². The number of benzene rings is 2. The molecule has 3 N–H and O–H groups in total. The van der Waals surface area contributed by atoms with E-state index in [-0.39, 0.29) is 46.3 Å². The monoisotopic (exact) mass is 477 g/mol. The van der Waals surface area contributed by atoms with E-state index >= 15 is 0 Å². The molecule has 2 rings (SSSR count). The predicted octanol–water partition coefficient (Wildman–Crippen LogP) is 2.60. The molecule has 0 saturated carbocycles. The van der Waals surface area contributed by atoms with Gasteiger partial charge in [-0.3, -0.25) is 14.4 Å². The Morgan fingerprint density at radius 3 is 2.30 bits per heavy atom. The van der Waals surface area contributed by atoms with Crippen LogP contribution in [0.2, 0.25) is 0 Å². The zero-order chi connectivity index (χ0) is 24.6. The summed E-state index contributed by atoms with van der Waals surface area (Å²) in [6.45, 7) is 2.85. The zero-order valence-electron chi connectivity index (χ0n) is 18.5. The van der Waals surface area contributed by atoms with Crippen LogP contribution in [0.15, 0.2) is 41.3 Å². The Kier molecular flexibility index (Phi) is 8.98. The van der Waals surface area contributed by atoms with Gasteiger partial charge in [0, 0.05) is 11.1 Å². The maximum atomic E-state index is 12.6. The number of hydrogen-bond donors (Lipinski definition) is 3. The molecule has 0 aliphatic heterocycles. The van der Waals surface area contributed by atoms with Gasteiger partial charge in [-0.25, -0.2) is 8.42 Å². The second kappa shape index (κ2) is 11.5. The number of rotatable bonds is 12. The topological polar surface area (TPSA) is 147 Å². The third kappa shape index (κ3) is 7.04. The molecule has 0 spiro atoms. The summed E-state index contributed by atoms with van der Waals surface area (Å²) < 4.78 is 30.8.